The third-order valence-corrected chi connectivity index (χ3v) is 7.90. The summed E-state index contributed by atoms with van der Waals surface area (Å²) in [4.78, 5) is 0. The Kier molecular flexibility index (Phi) is 18.7. The molecule has 8 N–H and O–H groups in total. The molecule has 0 aromatic rings. The molecule has 0 amide bonds. The number of aliphatic hydroxyl groups excluding tert-OH is 1. The van der Waals surface area contributed by atoms with Crippen molar-refractivity contribution in [1.29, 1.82) is 0 Å². The predicted octanol–water partition coefficient (Wildman–Crippen LogP) is 1.68. The largest absolute Gasteiger partial charge is 0.395 e. The maximum absolute atomic E-state index is 9.31. The summed E-state index contributed by atoms with van der Waals surface area (Å²) >= 11 is 0. The quantitative estimate of drug-likeness (QED) is 0.101. The highest BCUT2D eigenvalue weighted by atomic mass is 31.1. The summed E-state index contributed by atoms with van der Waals surface area (Å²) in [5.74, 6) is 3.34. The molecule has 0 radical (unpaired) electrons. The van der Waals surface area contributed by atoms with E-state index in [-0.39, 0.29) is 27.6 Å². The summed E-state index contributed by atoms with van der Waals surface area (Å²) < 4.78 is 11.4. The van der Waals surface area contributed by atoms with Crippen LogP contribution >= 0.6 is 25.5 Å². The normalized spacial score (nSPS) is 16.9. The van der Waals surface area contributed by atoms with Gasteiger partial charge in [0.15, 0.2) is 0 Å². The number of hydrogen-bond acceptors (Lipinski definition) is 8. The molecule has 0 heterocycles. The van der Waals surface area contributed by atoms with E-state index in [1.807, 2.05) is 0 Å². The van der Waals surface area contributed by atoms with Gasteiger partial charge in [0.25, 0.3) is 0 Å². The van der Waals surface area contributed by atoms with Crippen LogP contribution in [0.2, 0.25) is 0 Å². The molecule has 0 rings (SSSR count). The molecule has 0 fully saturated rings. The van der Waals surface area contributed by atoms with Crippen LogP contribution in [0.1, 0.15) is 41.5 Å². The lowest BCUT2D eigenvalue weighted by atomic mass is 10.1. The van der Waals surface area contributed by atoms with Gasteiger partial charge >= 0.3 is 7.92 Å². The minimum absolute atomic E-state index is 0.0329. The van der Waals surface area contributed by atoms with E-state index in [0.29, 0.717) is 52.5 Å². The fraction of sp³-hybridized carbons (Fsp3) is 0.944. The standard InChI is InChI=1S/C18H45N5O3P3/c1-13(2)16(19)10-26-29(20)8-7-27-22-18(15(5)6)11-25-12-21-28-23-17(9-24)14(3)4/h8,13-18,21-24,27-28H,7,9-12,19-20H2,1-6H3/q+1/p+1. The molecular weight excluding hydrogens is 427 g/mol. The van der Waals surface area contributed by atoms with Crippen LogP contribution in [0.15, 0.2) is 0 Å². The Morgan fingerprint density at radius 3 is 2.28 bits per heavy atom. The average Bonchev–Trinajstić information content (AvgIpc) is 2.66. The van der Waals surface area contributed by atoms with Gasteiger partial charge < -0.3 is 15.6 Å². The molecule has 11 heteroatoms. The summed E-state index contributed by atoms with van der Waals surface area (Å²) in [6, 6.07) is 0.468. The number of hydrogen-bond donors (Lipinski definition) is 6. The van der Waals surface area contributed by atoms with E-state index in [2.05, 4.69) is 62.6 Å². The van der Waals surface area contributed by atoms with Crippen LogP contribution in [0, 0.1) is 17.8 Å². The Hall–Kier alpha value is 0.710. The van der Waals surface area contributed by atoms with E-state index < -0.39 is 7.92 Å². The topological polar surface area (TPSA) is 127 Å². The van der Waals surface area contributed by atoms with Crippen LogP contribution in [0.5, 0.6) is 0 Å². The van der Waals surface area contributed by atoms with Crippen LogP contribution in [0.4, 0.5) is 0 Å². The van der Waals surface area contributed by atoms with Gasteiger partial charge in [-0.1, -0.05) is 41.5 Å². The molecule has 0 aliphatic carbocycles. The SMILES string of the molecule is CC(C)C(N)CO[P+](N)=CCPNC(COCN[PH2+]NC(CO)C(C)C)C(C)C. The van der Waals surface area contributed by atoms with Crippen LogP contribution < -0.4 is 26.5 Å². The van der Waals surface area contributed by atoms with Gasteiger partial charge in [0, 0.05) is 18.2 Å². The second-order valence-electron chi connectivity index (χ2n) is 8.19. The number of nitrogens with one attached hydrogen (secondary N) is 3. The monoisotopic (exact) mass is 473 g/mol. The lowest BCUT2D eigenvalue weighted by Crippen LogP contribution is -2.35. The Morgan fingerprint density at radius 1 is 1.07 bits per heavy atom. The smallest absolute Gasteiger partial charge is 0.344 e. The highest BCUT2D eigenvalue weighted by molar-refractivity contribution is 7.52. The minimum atomic E-state index is -1.02. The van der Waals surface area contributed by atoms with Gasteiger partial charge in [-0.15, -0.1) is 5.50 Å². The summed E-state index contributed by atoms with van der Waals surface area (Å²) in [6.45, 7) is 14.6. The molecule has 6 unspecified atom stereocenters. The molecule has 0 spiro atoms. The van der Waals surface area contributed by atoms with Gasteiger partial charge in [0.1, 0.15) is 28.0 Å². The van der Waals surface area contributed by atoms with Gasteiger partial charge in [0.2, 0.25) is 0 Å². The second kappa shape index (κ2) is 18.3. The van der Waals surface area contributed by atoms with Crippen molar-refractivity contribution in [3.63, 3.8) is 0 Å². The van der Waals surface area contributed by atoms with E-state index in [1.165, 1.54) is 0 Å². The zero-order chi connectivity index (χ0) is 22.2. The molecule has 0 aromatic carbocycles. The number of nitrogens with two attached hydrogens (primary N) is 2. The first kappa shape index (κ1) is 29.7. The van der Waals surface area contributed by atoms with Gasteiger partial charge in [-0.05, 0) is 26.5 Å². The van der Waals surface area contributed by atoms with Gasteiger partial charge in [-0.2, -0.15) is 14.7 Å². The molecule has 0 aliphatic rings. The van der Waals surface area contributed by atoms with Crippen molar-refractivity contribution in [2.24, 2.45) is 29.0 Å². The zero-order valence-electron chi connectivity index (χ0n) is 19.0. The van der Waals surface area contributed by atoms with E-state index in [0.717, 1.165) is 6.16 Å². The Labute approximate surface area is 182 Å². The van der Waals surface area contributed by atoms with Crippen LogP contribution in [-0.2, 0) is 9.26 Å². The summed E-state index contributed by atoms with van der Waals surface area (Å²) in [6.07, 6.45) is 0.881. The number of rotatable bonds is 18. The van der Waals surface area contributed by atoms with E-state index in [4.69, 9.17) is 20.5 Å². The number of aliphatic hydroxyl groups is 1. The van der Waals surface area contributed by atoms with Gasteiger partial charge in [0.05, 0.1) is 19.3 Å². The fourth-order valence-corrected chi connectivity index (χ4v) is 5.41. The predicted molar refractivity (Wildman–Crippen MR) is 133 cm³/mol. The summed E-state index contributed by atoms with van der Waals surface area (Å²) in [5.41, 5.74) is 12.0. The van der Waals surface area contributed by atoms with Crippen molar-refractivity contribution in [3.8, 4) is 0 Å². The van der Waals surface area contributed by atoms with E-state index in [1.54, 1.807) is 0 Å². The van der Waals surface area contributed by atoms with Crippen LogP contribution in [0.3, 0.4) is 0 Å². The first-order valence-corrected chi connectivity index (χ1v) is 14.2. The van der Waals surface area contributed by atoms with E-state index in [9.17, 15) is 5.11 Å². The Morgan fingerprint density at radius 2 is 1.72 bits per heavy atom. The van der Waals surface area contributed by atoms with Crippen molar-refractivity contribution < 1.29 is 14.4 Å². The molecule has 29 heavy (non-hydrogen) atoms. The van der Waals surface area contributed by atoms with Crippen molar-refractivity contribution in [2.75, 3.05) is 32.7 Å². The number of ether oxygens (including phenoxy) is 1. The molecular formula is C18H46N5O3P3+2. The molecule has 0 saturated carbocycles. The zero-order valence-corrected chi connectivity index (χ0v) is 22.1. The molecule has 8 nitrogen and oxygen atoms in total. The third kappa shape index (κ3) is 16.1. The second-order valence-corrected chi connectivity index (χ2v) is 11.6. The maximum atomic E-state index is 9.31. The molecule has 0 bridgehead atoms. The highest BCUT2D eigenvalue weighted by Crippen LogP contribution is 2.17. The molecule has 0 saturated heterocycles. The highest BCUT2D eigenvalue weighted by Gasteiger charge is 2.16. The van der Waals surface area contributed by atoms with Crippen molar-refractivity contribution >= 4 is 31.3 Å². The van der Waals surface area contributed by atoms with Crippen molar-refractivity contribution in [1.82, 2.24) is 15.3 Å². The lowest BCUT2D eigenvalue weighted by Gasteiger charge is -2.21. The van der Waals surface area contributed by atoms with Crippen molar-refractivity contribution in [2.45, 2.75) is 59.7 Å². The van der Waals surface area contributed by atoms with Gasteiger partial charge in [-0.3, -0.25) is 5.09 Å². The van der Waals surface area contributed by atoms with E-state index >= 15 is 0 Å². The van der Waals surface area contributed by atoms with Crippen LogP contribution in [-0.4, -0.2) is 61.7 Å². The van der Waals surface area contributed by atoms with Crippen molar-refractivity contribution in [3.05, 3.63) is 0 Å². The average molecular weight is 474 g/mol. The Bertz CT molecular complexity index is 432. The summed E-state index contributed by atoms with van der Waals surface area (Å²) in [5, 5.41) is 19.5. The lowest BCUT2D eigenvalue weighted by molar-refractivity contribution is 0.104. The molecule has 0 aromatic heterocycles. The molecule has 174 valence electrons. The molecule has 6 atom stereocenters. The summed E-state index contributed by atoms with van der Waals surface area (Å²) in [7, 11) is -0.574. The minimum Gasteiger partial charge on any atom is -0.395 e. The first-order valence-electron chi connectivity index (χ1n) is 10.4. The third-order valence-electron chi connectivity index (χ3n) is 4.62. The van der Waals surface area contributed by atoms with Crippen LogP contribution in [0.25, 0.3) is 0 Å². The first-order chi connectivity index (χ1) is 13.7. The fourth-order valence-electron chi connectivity index (χ4n) is 2.05. The Balaban J connectivity index is 3.96. The van der Waals surface area contributed by atoms with Gasteiger partial charge in [-0.25, -0.2) is 0 Å². The maximum Gasteiger partial charge on any atom is 0.344 e. The molecule has 0 aliphatic heterocycles.